The summed E-state index contributed by atoms with van der Waals surface area (Å²) < 4.78 is 0. The fourth-order valence-electron chi connectivity index (χ4n) is 0.916. The second kappa shape index (κ2) is 4.83. The first kappa shape index (κ1) is 11.6. The van der Waals surface area contributed by atoms with E-state index in [1.165, 1.54) is 12.1 Å². The number of carboxylic acid groups (broad SMARTS) is 1. The minimum absolute atomic E-state index is 0.302. The van der Waals surface area contributed by atoms with E-state index >= 15 is 0 Å². The summed E-state index contributed by atoms with van der Waals surface area (Å²) in [6.07, 6.45) is 1.20. The molecule has 1 rings (SSSR count). The highest BCUT2D eigenvalue weighted by Crippen LogP contribution is 2.22. The monoisotopic (exact) mass is 241 g/mol. The molecule has 0 aliphatic rings. The second-order valence-corrected chi connectivity index (χ2v) is 3.48. The number of hydrogen-bond acceptors (Lipinski definition) is 2. The van der Waals surface area contributed by atoms with Crippen LogP contribution in [0.3, 0.4) is 0 Å². The summed E-state index contributed by atoms with van der Waals surface area (Å²) in [6, 6.07) is 6.15. The van der Waals surface area contributed by atoms with Gasteiger partial charge in [-0.15, -0.1) is 0 Å². The quantitative estimate of drug-likeness (QED) is 0.640. The van der Waals surface area contributed by atoms with E-state index < -0.39 is 5.97 Å². The summed E-state index contributed by atoms with van der Waals surface area (Å²) in [6.45, 7) is 0. The van der Waals surface area contributed by atoms with Crippen molar-refractivity contribution in [1.82, 2.24) is 0 Å². The van der Waals surface area contributed by atoms with Crippen molar-refractivity contribution in [3.63, 3.8) is 0 Å². The Hall–Kier alpha value is -1.50. The van der Waals surface area contributed by atoms with E-state index in [4.69, 9.17) is 33.6 Å². The Morgan fingerprint density at radius 2 is 2.13 bits per heavy atom. The van der Waals surface area contributed by atoms with Gasteiger partial charge in [-0.25, -0.2) is 4.79 Å². The van der Waals surface area contributed by atoms with E-state index in [9.17, 15) is 4.79 Å². The molecule has 0 fully saturated rings. The number of nitriles is 1. The number of aliphatic carboxylic acids is 1. The van der Waals surface area contributed by atoms with E-state index in [1.54, 1.807) is 18.2 Å². The van der Waals surface area contributed by atoms with E-state index in [-0.39, 0.29) is 5.57 Å². The summed E-state index contributed by atoms with van der Waals surface area (Å²) in [4.78, 5) is 10.6. The number of nitrogens with zero attached hydrogens (tertiary/aromatic N) is 1. The zero-order valence-corrected chi connectivity index (χ0v) is 8.88. The third-order valence-electron chi connectivity index (χ3n) is 1.61. The van der Waals surface area contributed by atoms with Gasteiger partial charge in [-0.1, -0.05) is 29.3 Å². The summed E-state index contributed by atoms with van der Waals surface area (Å²) >= 11 is 11.5. The van der Waals surface area contributed by atoms with E-state index in [1.807, 2.05) is 0 Å². The van der Waals surface area contributed by atoms with Gasteiger partial charge < -0.3 is 5.11 Å². The normalized spacial score (nSPS) is 10.9. The zero-order valence-electron chi connectivity index (χ0n) is 7.37. The van der Waals surface area contributed by atoms with Crippen LogP contribution in [-0.4, -0.2) is 11.1 Å². The first-order valence-electron chi connectivity index (χ1n) is 3.84. The molecule has 0 amide bonds. The molecule has 0 radical (unpaired) electrons. The topological polar surface area (TPSA) is 61.1 Å². The lowest BCUT2D eigenvalue weighted by Gasteiger charge is -1.98. The van der Waals surface area contributed by atoms with E-state index in [0.717, 1.165) is 0 Å². The van der Waals surface area contributed by atoms with Crippen LogP contribution in [0.15, 0.2) is 23.8 Å². The van der Waals surface area contributed by atoms with Crippen LogP contribution in [0.5, 0.6) is 0 Å². The van der Waals surface area contributed by atoms with Gasteiger partial charge in [0.1, 0.15) is 11.6 Å². The fourth-order valence-corrected chi connectivity index (χ4v) is 1.38. The highest BCUT2D eigenvalue weighted by Gasteiger charge is 2.07. The molecular formula is C10H5Cl2NO2. The van der Waals surface area contributed by atoms with E-state index in [2.05, 4.69) is 0 Å². The molecule has 3 nitrogen and oxygen atoms in total. The van der Waals surface area contributed by atoms with Crippen LogP contribution in [0.1, 0.15) is 5.56 Å². The van der Waals surface area contributed by atoms with Gasteiger partial charge in [0.25, 0.3) is 0 Å². The Balaban J connectivity index is 3.19. The van der Waals surface area contributed by atoms with E-state index in [0.29, 0.717) is 15.6 Å². The van der Waals surface area contributed by atoms with Gasteiger partial charge in [-0.3, -0.25) is 0 Å². The fraction of sp³-hybridized carbons (Fsp3) is 0. The lowest BCUT2D eigenvalue weighted by Crippen LogP contribution is -1.97. The van der Waals surface area contributed by atoms with Gasteiger partial charge in [-0.2, -0.15) is 5.26 Å². The Morgan fingerprint density at radius 1 is 1.47 bits per heavy atom. The summed E-state index contributed by atoms with van der Waals surface area (Å²) in [7, 11) is 0. The Morgan fingerprint density at radius 3 is 2.60 bits per heavy atom. The molecular weight excluding hydrogens is 237 g/mol. The van der Waals surface area contributed by atoms with Gasteiger partial charge in [0.15, 0.2) is 0 Å². The van der Waals surface area contributed by atoms with Crippen LogP contribution >= 0.6 is 23.2 Å². The number of rotatable bonds is 2. The summed E-state index contributed by atoms with van der Waals surface area (Å²) in [5.41, 5.74) is 0.0687. The summed E-state index contributed by atoms with van der Waals surface area (Å²) in [5, 5.41) is 17.9. The van der Waals surface area contributed by atoms with Gasteiger partial charge >= 0.3 is 5.97 Å². The molecule has 0 atom stereocenters. The van der Waals surface area contributed by atoms with Gasteiger partial charge in [0.05, 0.1) is 0 Å². The van der Waals surface area contributed by atoms with Crippen LogP contribution in [0, 0.1) is 11.3 Å². The Kier molecular flexibility index (Phi) is 3.73. The van der Waals surface area contributed by atoms with Crippen LogP contribution in [0.25, 0.3) is 6.08 Å². The minimum atomic E-state index is -1.29. The Labute approximate surface area is 96.2 Å². The number of hydrogen-bond donors (Lipinski definition) is 1. The standard InChI is InChI=1S/C10H5Cl2NO2/c11-8-2-1-6(9(12)4-8)3-7(5-13)10(14)15/h1-4H,(H,14,15)/b7-3-. The van der Waals surface area contributed by atoms with Crippen molar-refractivity contribution >= 4 is 35.2 Å². The van der Waals surface area contributed by atoms with Gasteiger partial charge in [-0.05, 0) is 23.8 Å². The number of halogens is 2. The van der Waals surface area contributed by atoms with Crippen LogP contribution in [0.4, 0.5) is 0 Å². The molecule has 0 unspecified atom stereocenters. The molecule has 0 spiro atoms. The molecule has 0 aromatic heterocycles. The predicted molar refractivity (Wildman–Crippen MR) is 57.7 cm³/mol. The first-order chi connectivity index (χ1) is 7.04. The predicted octanol–water partition coefficient (Wildman–Crippen LogP) is 2.98. The van der Waals surface area contributed by atoms with Crippen LogP contribution in [-0.2, 0) is 4.79 Å². The molecule has 0 heterocycles. The molecule has 0 bridgehead atoms. The molecule has 0 saturated heterocycles. The summed E-state index contributed by atoms with van der Waals surface area (Å²) in [5.74, 6) is -1.29. The van der Waals surface area contributed by atoms with Gasteiger partial charge in [0.2, 0.25) is 0 Å². The highest BCUT2D eigenvalue weighted by atomic mass is 35.5. The van der Waals surface area contributed by atoms with Crippen LogP contribution < -0.4 is 0 Å². The lowest BCUT2D eigenvalue weighted by atomic mass is 10.1. The highest BCUT2D eigenvalue weighted by molar-refractivity contribution is 6.35. The SMILES string of the molecule is N#C/C(=C/c1ccc(Cl)cc1Cl)C(=O)O. The maximum atomic E-state index is 10.6. The molecule has 1 aromatic rings. The third kappa shape index (κ3) is 2.98. The maximum Gasteiger partial charge on any atom is 0.346 e. The van der Waals surface area contributed by atoms with Crippen molar-refractivity contribution in [3.05, 3.63) is 39.4 Å². The number of carbonyl (C=O) groups is 1. The molecule has 0 saturated carbocycles. The first-order valence-corrected chi connectivity index (χ1v) is 4.60. The average molecular weight is 242 g/mol. The van der Waals surface area contributed by atoms with Crippen molar-refractivity contribution in [3.8, 4) is 6.07 Å². The number of benzene rings is 1. The number of carboxylic acids is 1. The minimum Gasteiger partial charge on any atom is -0.477 e. The van der Waals surface area contributed by atoms with Gasteiger partial charge in [0, 0.05) is 10.0 Å². The van der Waals surface area contributed by atoms with Crippen molar-refractivity contribution < 1.29 is 9.90 Å². The molecule has 76 valence electrons. The van der Waals surface area contributed by atoms with Crippen molar-refractivity contribution in [2.24, 2.45) is 0 Å². The average Bonchev–Trinajstić information content (AvgIpc) is 2.16. The molecule has 1 N–H and O–H groups in total. The smallest absolute Gasteiger partial charge is 0.346 e. The molecule has 0 aliphatic carbocycles. The molecule has 1 aromatic carbocycles. The van der Waals surface area contributed by atoms with Crippen LogP contribution in [0.2, 0.25) is 10.0 Å². The lowest BCUT2D eigenvalue weighted by molar-refractivity contribution is -0.132. The maximum absolute atomic E-state index is 10.6. The largest absolute Gasteiger partial charge is 0.477 e. The van der Waals surface area contributed by atoms with Crippen molar-refractivity contribution in [2.45, 2.75) is 0 Å². The molecule has 5 heteroatoms. The molecule has 0 aliphatic heterocycles. The van der Waals surface area contributed by atoms with Crippen molar-refractivity contribution in [2.75, 3.05) is 0 Å². The second-order valence-electron chi connectivity index (χ2n) is 2.64. The molecule has 15 heavy (non-hydrogen) atoms. The zero-order chi connectivity index (χ0) is 11.4. The third-order valence-corrected chi connectivity index (χ3v) is 2.18. The van der Waals surface area contributed by atoms with Crippen molar-refractivity contribution in [1.29, 1.82) is 5.26 Å². The Bertz CT molecular complexity index is 475.